The molecular formula is C17H15ClN4. The first-order valence-corrected chi connectivity index (χ1v) is 7.37. The molecule has 0 aliphatic rings. The lowest BCUT2D eigenvalue weighted by Crippen LogP contribution is -2.24. The van der Waals surface area contributed by atoms with Crippen LogP contribution in [0.4, 0.5) is 5.82 Å². The number of halogens is 1. The maximum absolute atomic E-state index is 6.17. The zero-order valence-corrected chi connectivity index (χ0v) is 12.7. The first-order valence-electron chi connectivity index (χ1n) is 6.99. The molecule has 0 saturated carbocycles. The van der Waals surface area contributed by atoms with E-state index in [-0.39, 0.29) is 0 Å². The molecule has 3 aromatic rings. The van der Waals surface area contributed by atoms with Gasteiger partial charge < -0.3 is 4.90 Å². The Bertz CT molecular complexity index is 677. The van der Waals surface area contributed by atoms with Gasteiger partial charge in [-0.3, -0.25) is 0 Å². The highest BCUT2D eigenvalue weighted by Crippen LogP contribution is 2.23. The lowest BCUT2D eigenvalue weighted by molar-refractivity contribution is 0.769. The minimum absolute atomic E-state index is 0.314. The van der Waals surface area contributed by atoms with Gasteiger partial charge in [-0.25, -0.2) is 4.98 Å². The molecule has 0 radical (unpaired) electrons. The fraction of sp³-hybridized carbons (Fsp3) is 0.118. The predicted octanol–water partition coefficient (Wildman–Crippen LogP) is 3.73. The third-order valence-corrected chi connectivity index (χ3v) is 3.54. The van der Waals surface area contributed by atoms with Crippen molar-refractivity contribution >= 4 is 17.4 Å². The van der Waals surface area contributed by atoms with Crippen molar-refractivity contribution in [3.05, 3.63) is 83.3 Å². The van der Waals surface area contributed by atoms with Crippen LogP contribution in [0.5, 0.6) is 0 Å². The number of anilines is 1. The summed E-state index contributed by atoms with van der Waals surface area (Å²) in [5.41, 5.74) is 2.38. The normalized spacial score (nSPS) is 10.4. The Morgan fingerprint density at radius 3 is 1.86 bits per heavy atom. The third kappa shape index (κ3) is 3.59. The van der Waals surface area contributed by atoms with Crippen LogP contribution in [0.2, 0.25) is 5.15 Å². The molecule has 22 heavy (non-hydrogen) atoms. The van der Waals surface area contributed by atoms with E-state index in [1.807, 2.05) is 36.4 Å². The molecule has 5 heteroatoms. The molecule has 0 aliphatic heterocycles. The summed E-state index contributed by atoms with van der Waals surface area (Å²) in [6, 6.07) is 20.4. The average Bonchev–Trinajstić information content (AvgIpc) is 2.57. The van der Waals surface area contributed by atoms with Crippen molar-refractivity contribution in [1.29, 1.82) is 0 Å². The summed E-state index contributed by atoms with van der Waals surface area (Å²) in [6.07, 6.45) is 1.42. The monoisotopic (exact) mass is 310 g/mol. The number of rotatable bonds is 5. The molecule has 1 heterocycles. The van der Waals surface area contributed by atoms with Crippen molar-refractivity contribution in [3.8, 4) is 0 Å². The molecule has 0 amide bonds. The first-order chi connectivity index (χ1) is 10.8. The van der Waals surface area contributed by atoms with E-state index in [4.69, 9.17) is 11.6 Å². The molecule has 4 nitrogen and oxygen atoms in total. The summed E-state index contributed by atoms with van der Waals surface area (Å²) in [5, 5.41) is 7.93. The van der Waals surface area contributed by atoms with Gasteiger partial charge in [-0.15, -0.1) is 10.2 Å². The topological polar surface area (TPSA) is 41.9 Å². The second-order valence-electron chi connectivity index (χ2n) is 4.90. The van der Waals surface area contributed by atoms with Gasteiger partial charge in [0.2, 0.25) is 0 Å². The third-order valence-electron chi connectivity index (χ3n) is 3.29. The van der Waals surface area contributed by atoms with Gasteiger partial charge in [0.25, 0.3) is 0 Å². The van der Waals surface area contributed by atoms with Gasteiger partial charge in [0.05, 0.1) is 0 Å². The Balaban J connectivity index is 1.90. The number of nitrogens with zero attached hydrogens (tertiary/aromatic N) is 4. The highest BCUT2D eigenvalue weighted by molar-refractivity contribution is 6.31. The Morgan fingerprint density at radius 2 is 1.36 bits per heavy atom. The molecule has 0 aliphatic carbocycles. The largest absolute Gasteiger partial charge is 0.345 e. The van der Waals surface area contributed by atoms with Crippen LogP contribution in [0.25, 0.3) is 0 Å². The molecule has 0 unspecified atom stereocenters. The SMILES string of the molecule is Clc1nncnc1N(Cc1ccccc1)Cc1ccccc1. The summed E-state index contributed by atoms with van der Waals surface area (Å²) >= 11 is 6.17. The highest BCUT2D eigenvalue weighted by Gasteiger charge is 2.14. The van der Waals surface area contributed by atoms with E-state index in [0.29, 0.717) is 24.1 Å². The van der Waals surface area contributed by atoms with E-state index in [0.717, 1.165) is 0 Å². The molecule has 0 saturated heterocycles. The van der Waals surface area contributed by atoms with Gasteiger partial charge in [-0.05, 0) is 11.1 Å². The van der Waals surface area contributed by atoms with Crippen molar-refractivity contribution < 1.29 is 0 Å². The van der Waals surface area contributed by atoms with Crippen LogP contribution in [-0.2, 0) is 13.1 Å². The van der Waals surface area contributed by atoms with Gasteiger partial charge in [-0.1, -0.05) is 72.3 Å². The van der Waals surface area contributed by atoms with E-state index in [1.165, 1.54) is 17.5 Å². The quantitative estimate of drug-likeness (QED) is 0.720. The summed E-state index contributed by atoms with van der Waals surface area (Å²) in [6.45, 7) is 1.41. The van der Waals surface area contributed by atoms with E-state index in [9.17, 15) is 0 Å². The summed E-state index contributed by atoms with van der Waals surface area (Å²) in [7, 11) is 0. The Hall–Kier alpha value is -2.46. The van der Waals surface area contributed by atoms with E-state index < -0.39 is 0 Å². The molecule has 3 rings (SSSR count). The van der Waals surface area contributed by atoms with Crippen molar-refractivity contribution in [2.75, 3.05) is 4.90 Å². The van der Waals surface area contributed by atoms with Crippen LogP contribution in [0.3, 0.4) is 0 Å². The second-order valence-corrected chi connectivity index (χ2v) is 5.26. The summed E-state index contributed by atoms with van der Waals surface area (Å²) in [5.74, 6) is 0.643. The summed E-state index contributed by atoms with van der Waals surface area (Å²) in [4.78, 5) is 6.39. The molecule has 0 atom stereocenters. The van der Waals surface area contributed by atoms with Crippen LogP contribution < -0.4 is 4.90 Å². The summed E-state index contributed by atoms with van der Waals surface area (Å²) < 4.78 is 0. The lowest BCUT2D eigenvalue weighted by Gasteiger charge is -2.24. The van der Waals surface area contributed by atoms with Crippen LogP contribution in [-0.4, -0.2) is 15.2 Å². The minimum Gasteiger partial charge on any atom is -0.345 e. The zero-order valence-electron chi connectivity index (χ0n) is 11.9. The van der Waals surface area contributed by atoms with Crippen LogP contribution in [0, 0.1) is 0 Å². The van der Waals surface area contributed by atoms with Crippen molar-refractivity contribution in [3.63, 3.8) is 0 Å². The molecular weight excluding hydrogens is 296 g/mol. The van der Waals surface area contributed by atoms with Gasteiger partial charge in [0.15, 0.2) is 11.0 Å². The Morgan fingerprint density at radius 1 is 0.818 bits per heavy atom. The molecule has 0 spiro atoms. The maximum atomic E-state index is 6.17. The molecule has 0 bridgehead atoms. The maximum Gasteiger partial charge on any atom is 0.194 e. The number of hydrogen-bond donors (Lipinski definition) is 0. The molecule has 0 fully saturated rings. The Kier molecular flexibility index (Phi) is 4.61. The average molecular weight is 311 g/mol. The Labute approximate surface area is 134 Å². The van der Waals surface area contributed by atoms with E-state index in [2.05, 4.69) is 44.3 Å². The van der Waals surface area contributed by atoms with Gasteiger partial charge in [0.1, 0.15) is 6.33 Å². The minimum atomic E-state index is 0.314. The fourth-order valence-corrected chi connectivity index (χ4v) is 2.49. The van der Waals surface area contributed by atoms with Crippen LogP contribution in [0.1, 0.15) is 11.1 Å². The number of aromatic nitrogens is 3. The fourth-order valence-electron chi connectivity index (χ4n) is 2.28. The molecule has 1 aromatic heterocycles. The van der Waals surface area contributed by atoms with Crippen molar-refractivity contribution in [2.45, 2.75) is 13.1 Å². The molecule has 2 aromatic carbocycles. The number of hydrogen-bond acceptors (Lipinski definition) is 4. The van der Waals surface area contributed by atoms with Gasteiger partial charge >= 0.3 is 0 Å². The van der Waals surface area contributed by atoms with Crippen LogP contribution >= 0.6 is 11.6 Å². The molecule has 110 valence electrons. The first kappa shape index (κ1) is 14.5. The number of benzene rings is 2. The van der Waals surface area contributed by atoms with Crippen molar-refractivity contribution in [1.82, 2.24) is 15.2 Å². The lowest BCUT2D eigenvalue weighted by atomic mass is 10.1. The second kappa shape index (κ2) is 7.00. The highest BCUT2D eigenvalue weighted by atomic mass is 35.5. The van der Waals surface area contributed by atoms with Crippen LogP contribution in [0.15, 0.2) is 67.0 Å². The zero-order chi connectivity index (χ0) is 15.2. The van der Waals surface area contributed by atoms with E-state index in [1.54, 1.807) is 0 Å². The molecule has 0 N–H and O–H groups in total. The van der Waals surface area contributed by atoms with E-state index >= 15 is 0 Å². The van der Waals surface area contributed by atoms with Gasteiger partial charge in [0, 0.05) is 13.1 Å². The van der Waals surface area contributed by atoms with Crippen molar-refractivity contribution in [2.24, 2.45) is 0 Å². The standard InChI is InChI=1S/C17H15ClN4/c18-16-17(19-13-20-21-16)22(11-14-7-3-1-4-8-14)12-15-9-5-2-6-10-15/h1-10,13H,11-12H2. The van der Waals surface area contributed by atoms with Gasteiger partial charge in [-0.2, -0.15) is 0 Å². The smallest absolute Gasteiger partial charge is 0.194 e. The predicted molar refractivity (Wildman–Crippen MR) is 87.6 cm³/mol.